The van der Waals surface area contributed by atoms with Gasteiger partial charge in [-0.25, -0.2) is 0 Å². The van der Waals surface area contributed by atoms with Crippen LogP contribution in [0.15, 0.2) is 0 Å². The normalized spacial score (nSPS) is 21.8. The summed E-state index contributed by atoms with van der Waals surface area (Å²) in [6.07, 6.45) is 4.64. The second-order valence-corrected chi connectivity index (χ2v) is 4.38. The molecule has 0 bridgehead atoms. The Morgan fingerprint density at radius 1 is 1.36 bits per heavy atom. The third kappa shape index (κ3) is 2.71. The molecule has 0 aliphatic carbocycles. The fourth-order valence-electron chi connectivity index (χ4n) is 1.88. The topological polar surface area (TPSA) is 48.0 Å². The van der Waals surface area contributed by atoms with Crippen LogP contribution in [0.4, 0.5) is 0 Å². The molecule has 1 heterocycles. The van der Waals surface area contributed by atoms with Crippen LogP contribution in [-0.2, 0) is 4.79 Å². The van der Waals surface area contributed by atoms with Crippen molar-refractivity contribution in [2.45, 2.75) is 45.6 Å². The highest BCUT2D eigenvalue weighted by Gasteiger charge is 2.28. The summed E-state index contributed by atoms with van der Waals surface area (Å²) in [5, 5.41) is 0. The lowest BCUT2D eigenvalue weighted by Gasteiger charge is -2.29. The Bertz CT molecular complexity index is 184. The summed E-state index contributed by atoms with van der Waals surface area (Å²) in [4.78, 5) is 14.0. The van der Waals surface area contributed by atoms with Crippen molar-refractivity contribution in [3.8, 4) is 0 Å². The van der Waals surface area contributed by atoms with Crippen LogP contribution in [0.2, 0.25) is 0 Å². The lowest BCUT2D eigenvalue weighted by molar-refractivity contribution is -0.417. The van der Waals surface area contributed by atoms with Crippen LogP contribution in [0.3, 0.4) is 0 Å². The van der Waals surface area contributed by atoms with Gasteiger partial charge in [-0.15, -0.1) is 0 Å². The van der Waals surface area contributed by atoms with Gasteiger partial charge in [-0.3, -0.25) is 4.79 Å². The first-order chi connectivity index (χ1) is 6.66. The first-order valence-corrected chi connectivity index (χ1v) is 5.78. The predicted octanol–water partition coefficient (Wildman–Crippen LogP) is 0.655. The summed E-state index contributed by atoms with van der Waals surface area (Å²) in [5.41, 5.74) is 3.99. The van der Waals surface area contributed by atoms with Crippen molar-refractivity contribution in [1.82, 2.24) is 4.90 Å². The van der Waals surface area contributed by atoms with E-state index in [0.717, 1.165) is 19.5 Å². The zero-order chi connectivity index (χ0) is 10.6. The summed E-state index contributed by atoms with van der Waals surface area (Å²) in [5.74, 6) is 0.670. The Morgan fingerprint density at radius 3 is 2.43 bits per heavy atom. The van der Waals surface area contributed by atoms with E-state index >= 15 is 0 Å². The maximum atomic E-state index is 12.0. The highest BCUT2D eigenvalue weighted by atomic mass is 16.2. The number of nitrogens with zero attached hydrogens (tertiary/aromatic N) is 1. The average Bonchev–Trinajstić information content (AvgIpc) is 2.27. The second-order valence-electron chi connectivity index (χ2n) is 4.38. The van der Waals surface area contributed by atoms with Gasteiger partial charge < -0.3 is 10.6 Å². The first kappa shape index (κ1) is 11.5. The van der Waals surface area contributed by atoms with E-state index in [9.17, 15) is 4.79 Å². The van der Waals surface area contributed by atoms with Gasteiger partial charge in [-0.05, 0) is 25.7 Å². The maximum Gasteiger partial charge on any atom is 0.281 e. The molecule has 3 nitrogen and oxygen atoms in total. The molecule has 0 aromatic carbocycles. The molecule has 1 fully saturated rings. The van der Waals surface area contributed by atoms with Gasteiger partial charge in [0, 0.05) is 19.0 Å². The first-order valence-electron chi connectivity index (χ1n) is 5.78. The molecule has 0 radical (unpaired) electrons. The highest BCUT2D eigenvalue weighted by Crippen LogP contribution is 2.12. The quantitative estimate of drug-likeness (QED) is 0.713. The summed E-state index contributed by atoms with van der Waals surface area (Å²) < 4.78 is 0. The standard InChI is InChI=1S/C11H22N2O/c1-3-9(2)10(12)11(14)13-7-5-4-6-8-13/h9-10H,3-8,12H2,1-2H3/p+1. The zero-order valence-corrected chi connectivity index (χ0v) is 9.46. The maximum absolute atomic E-state index is 12.0. The molecule has 3 heteroatoms. The molecule has 1 saturated heterocycles. The van der Waals surface area contributed by atoms with Gasteiger partial charge in [0.25, 0.3) is 5.91 Å². The zero-order valence-electron chi connectivity index (χ0n) is 9.46. The van der Waals surface area contributed by atoms with Crippen molar-refractivity contribution >= 4 is 5.91 Å². The Labute approximate surface area is 86.6 Å². The second kappa shape index (κ2) is 5.35. The minimum Gasteiger partial charge on any atom is -0.347 e. The van der Waals surface area contributed by atoms with Crippen LogP contribution >= 0.6 is 0 Å². The molecule has 2 atom stereocenters. The number of hydrogen-bond donors (Lipinski definition) is 1. The Hall–Kier alpha value is -0.570. The predicted molar refractivity (Wildman–Crippen MR) is 56.6 cm³/mol. The van der Waals surface area contributed by atoms with Gasteiger partial charge in [0.1, 0.15) is 0 Å². The number of piperidine rings is 1. The van der Waals surface area contributed by atoms with Crippen molar-refractivity contribution in [2.24, 2.45) is 5.92 Å². The molecule has 0 spiro atoms. The monoisotopic (exact) mass is 199 g/mol. The number of amides is 1. The SMILES string of the molecule is CCC(C)C([NH3+])C(=O)N1CCCCC1. The van der Waals surface area contributed by atoms with Gasteiger partial charge in [0.15, 0.2) is 6.04 Å². The Morgan fingerprint density at radius 2 is 1.93 bits per heavy atom. The third-order valence-electron chi connectivity index (χ3n) is 3.32. The van der Waals surface area contributed by atoms with Crippen LogP contribution in [0.25, 0.3) is 0 Å². The minimum absolute atomic E-state index is 0.0434. The highest BCUT2D eigenvalue weighted by molar-refractivity contribution is 5.80. The van der Waals surface area contributed by atoms with Crippen molar-refractivity contribution in [1.29, 1.82) is 0 Å². The summed E-state index contributed by atoms with van der Waals surface area (Å²) >= 11 is 0. The van der Waals surface area contributed by atoms with E-state index in [0.29, 0.717) is 5.92 Å². The van der Waals surface area contributed by atoms with E-state index in [-0.39, 0.29) is 11.9 Å². The summed E-state index contributed by atoms with van der Waals surface area (Å²) in [7, 11) is 0. The molecule has 1 rings (SSSR count). The number of quaternary nitrogens is 1. The molecule has 0 aromatic rings. The van der Waals surface area contributed by atoms with E-state index in [1.165, 1.54) is 19.3 Å². The van der Waals surface area contributed by atoms with Crippen LogP contribution < -0.4 is 5.73 Å². The molecule has 0 aromatic heterocycles. The molecule has 14 heavy (non-hydrogen) atoms. The Balaban J connectivity index is 2.46. The number of carbonyl (C=O) groups is 1. The van der Waals surface area contributed by atoms with Crippen LogP contribution in [-0.4, -0.2) is 29.9 Å². The lowest BCUT2D eigenvalue weighted by Crippen LogP contribution is -2.70. The number of likely N-dealkylation sites (tertiary alicyclic amines) is 1. The average molecular weight is 199 g/mol. The van der Waals surface area contributed by atoms with Gasteiger partial charge in [-0.1, -0.05) is 13.8 Å². The van der Waals surface area contributed by atoms with Crippen molar-refractivity contribution in [2.75, 3.05) is 13.1 Å². The van der Waals surface area contributed by atoms with E-state index in [1.807, 2.05) is 4.90 Å². The smallest absolute Gasteiger partial charge is 0.281 e. The number of hydrogen-bond acceptors (Lipinski definition) is 1. The third-order valence-corrected chi connectivity index (χ3v) is 3.32. The van der Waals surface area contributed by atoms with E-state index in [4.69, 9.17) is 0 Å². The van der Waals surface area contributed by atoms with Gasteiger partial charge in [0.05, 0.1) is 0 Å². The van der Waals surface area contributed by atoms with Crippen molar-refractivity contribution in [3.05, 3.63) is 0 Å². The van der Waals surface area contributed by atoms with E-state index < -0.39 is 0 Å². The van der Waals surface area contributed by atoms with Crippen LogP contribution in [0.1, 0.15) is 39.5 Å². The van der Waals surface area contributed by atoms with Crippen molar-refractivity contribution < 1.29 is 10.5 Å². The number of carbonyl (C=O) groups excluding carboxylic acids is 1. The fraction of sp³-hybridized carbons (Fsp3) is 0.909. The Kier molecular flexibility index (Phi) is 4.39. The molecule has 1 aliphatic rings. The van der Waals surface area contributed by atoms with Gasteiger partial charge in [0.2, 0.25) is 0 Å². The van der Waals surface area contributed by atoms with Crippen LogP contribution in [0, 0.1) is 5.92 Å². The molecule has 0 saturated carbocycles. The van der Waals surface area contributed by atoms with E-state index in [1.54, 1.807) is 0 Å². The molecule has 2 unspecified atom stereocenters. The molecule has 82 valence electrons. The molecule has 3 N–H and O–H groups in total. The molecular formula is C11H23N2O+. The summed E-state index contributed by atoms with van der Waals surface area (Å²) in [6.45, 7) is 6.12. The van der Waals surface area contributed by atoms with Crippen LogP contribution in [0.5, 0.6) is 0 Å². The number of rotatable bonds is 3. The minimum atomic E-state index is -0.0434. The molecule has 1 aliphatic heterocycles. The summed E-state index contributed by atoms with van der Waals surface area (Å²) in [6, 6.07) is -0.0434. The van der Waals surface area contributed by atoms with E-state index in [2.05, 4.69) is 19.6 Å². The largest absolute Gasteiger partial charge is 0.347 e. The lowest BCUT2D eigenvalue weighted by atomic mass is 9.98. The van der Waals surface area contributed by atoms with Crippen molar-refractivity contribution in [3.63, 3.8) is 0 Å². The van der Waals surface area contributed by atoms with Gasteiger partial charge >= 0.3 is 0 Å². The molecule has 1 amide bonds. The van der Waals surface area contributed by atoms with Gasteiger partial charge in [-0.2, -0.15) is 0 Å². The molecular weight excluding hydrogens is 176 g/mol. The fourth-order valence-corrected chi connectivity index (χ4v) is 1.88.